The van der Waals surface area contributed by atoms with E-state index in [0.29, 0.717) is 12.2 Å². The number of para-hydroxylation sites is 1. The number of halogens is 1. The maximum atomic E-state index is 12.7. The fraction of sp³-hybridized carbons (Fsp3) is 0.235. The largest absolute Gasteiger partial charge is 0.491 e. The van der Waals surface area contributed by atoms with E-state index in [1.807, 2.05) is 24.3 Å². The number of aliphatic hydroxyl groups excluding tert-OH is 1. The average molecular weight is 302 g/mol. The van der Waals surface area contributed by atoms with Crippen LogP contribution in [0.3, 0.4) is 0 Å². The number of allylic oxidation sites excluding steroid dienone is 1. The number of rotatable bonds is 8. The molecule has 0 saturated carbocycles. The zero-order valence-electron chi connectivity index (χ0n) is 12.2. The van der Waals surface area contributed by atoms with E-state index in [4.69, 9.17) is 4.74 Å². The van der Waals surface area contributed by atoms with Crippen molar-refractivity contribution in [1.82, 2.24) is 4.98 Å². The van der Waals surface area contributed by atoms with Gasteiger partial charge < -0.3 is 15.2 Å². The van der Waals surface area contributed by atoms with Crippen LogP contribution >= 0.6 is 0 Å². The van der Waals surface area contributed by atoms with Crippen molar-refractivity contribution < 1.29 is 14.2 Å². The van der Waals surface area contributed by atoms with E-state index in [2.05, 4.69) is 16.9 Å². The minimum Gasteiger partial charge on any atom is -0.491 e. The van der Waals surface area contributed by atoms with Crippen molar-refractivity contribution in [3.63, 3.8) is 0 Å². The van der Waals surface area contributed by atoms with Crippen molar-refractivity contribution in [3.05, 3.63) is 66.6 Å². The van der Waals surface area contributed by atoms with Crippen molar-refractivity contribution in [2.45, 2.75) is 12.5 Å². The number of hydrogen-bond donors (Lipinski definition) is 2. The number of benzene rings is 1. The van der Waals surface area contributed by atoms with Gasteiger partial charge in [0.1, 0.15) is 30.1 Å². The molecular formula is C17H19FN2O2. The van der Waals surface area contributed by atoms with Crippen molar-refractivity contribution in [2.24, 2.45) is 0 Å². The SMILES string of the molecule is C=CCc1ccccc1OCC(O)CNc1ccc(F)cn1. The Morgan fingerprint density at radius 1 is 1.32 bits per heavy atom. The standard InChI is InChI=1S/C17H19FN2O2/c1-2-5-13-6-3-4-7-16(13)22-12-15(21)11-20-17-9-8-14(18)10-19-17/h2-4,6-10,15,21H,1,5,11-12H2,(H,19,20). The third-order valence-electron chi connectivity index (χ3n) is 3.01. The van der Waals surface area contributed by atoms with Crippen LogP contribution in [0, 0.1) is 5.82 Å². The lowest BCUT2D eigenvalue weighted by Gasteiger charge is -2.15. The lowest BCUT2D eigenvalue weighted by atomic mass is 10.1. The van der Waals surface area contributed by atoms with Crippen LogP contribution in [0.1, 0.15) is 5.56 Å². The van der Waals surface area contributed by atoms with Crippen LogP contribution in [-0.4, -0.2) is 29.3 Å². The van der Waals surface area contributed by atoms with E-state index < -0.39 is 11.9 Å². The number of nitrogens with zero attached hydrogens (tertiary/aromatic N) is 1. The zero-order chi connectivity index (χ0) is 15.8. The Morgan fingerprint density at radius 2 is 2.14 bits per heavy atom. The second-order valence-electron chi connectivity index (χ2n) is 4.81. The molecule has 2 aromatic rings. The van der Waals surface area contributed by atoms with Gasteiger partial charge in [0, 0.05) is 6.54 Å². The molecule has 0 radical (unpaired) electrons. The normalized spacial score (nSPS) is 11.7. The maximum Gasteiger partial charge on any atom is 0.141 e. The molecule has 0 spiro atoms. The van der Waals surface area contributed by atoms with Crippen molar-refractivity contribution >= 4 is 5.82 Å². The highest BCUT2D eigenvalue weighted by atomic mass is 19.1. The Morgan fingerprint density at radius 3 is 2.86 bits per heavy atom. The number of hydrogen-bond acceptors (Lipinski definition) is 4. The van der Waals surface area contributed by atoms with Gasteiger partial charge in [0.05, 0.1) is 6.20 Å². The fourth-order valence-corrected chi connectivity index (χ4v) is 1.92. The van der Waals surface area contributed by atoms with E-state index in [9.17, 15) is 9.50 Å². The highest BCUT2D eigenvalue weighted by Gasteiger charge is 2.08. The van der Waals surface area contributed by atoms with Gasteiger partial charge in [-0.3, -0.25) is 0 Å². The van der Waals surface area contributed by atoms with E-state index in [1.165, 1.54) is 12.1 Å². The second-order valence-corrected chi connectivity index (χ2v) is 4.81. The van der Waals surface area contributed by atoms with Gasteiger partial charge in [0.25, 0.3) is 0 Å². The molecule has 0 fully saturated rings. The Balaban J connectivity index is 1.81. The van der Waals surface area contributed by atoms with E-state index >= 15 is 0 Å². The molecule has 5 heteroatoms. The molecule has 4 nitrogen and oxygen atoms in total. The minimum atomic E-state index is -0.705. The number of ether oxygens (including phenoxy) is 1. The molecule has 2 rings (SSSR count). The third-order valence-corrected chi connectivity index (χ3v) is 3.01. The van der Waals surface area contributed by atoms with Crippen LogP contribution in [0.2, 0.25) is 0 Å². The van der Waals surface area contributed by atoms with Gasteiger partial charge in [0.2, 0.25) is 0 Å². The Hall–Kier alpha value is -2.40. The quantitative estimate of drug-likeness (QED) is 0.736. The van der Waals surface area contributed by atoms with Crippen molar-refractivity contribution in [1.29, 1.82) is 0 Å². The molecule has 0 saturated heterocycles. The average Bonchev–Trinajstić information content (AvgIpc) is 2.54. The summed E-state index contributed by atoms with van der Waals surface area (Å²) in [6, 6.07) is 10.5. The van der Waals surface area contributed by atoms with Crippen LogP contribution in [0.5, 0.6) is 5.75 Å². The Bertz CT molecular complexity index is 602. The fourth-order valence-electron chi connectivity index (χ4n) is 1.92. The molecule has 0 aliphatic rings. The van der Waals surface area contributed by atoms with Crippen LogP contribution in [0.25, 0.3) is 0 Å². The third kappa shape index (κ3) is 4.86. The summed E-state index contributed by atoms with van der Waals surface area (Å²) in [5.74, 6) is 0.849. The minimum absolute atomic E-state index is 0.155. The van der Waals surface area contributed by atoms with Crippen LogP contribution in [-0.2, 0) is 6.42 Å². The first-order valence-corrected chi connectivity index (χ1v) is 7.04. The predicted octanol–water partition coefficient (Wildman–Crippen LogP) is 2.80. The molecular weight excluding hydrogens is 283 g/mol. The molecule has 1 unspecified atom stereocenters. The van der Waals surface area contributed by atoms with Gasteiger partial charge in [-0.15, -0.1) is 6.58 Å². The highest BCUT2D eigenvalue weighted by molar-refractivity contribution is 5.35. The predicted molar refractivity (Wildman–Crippen MR) is 84.5 cm³/mol. The topological polar surface area (TPSA) is 54.4 Å². The molecule has 1 atom stereocenters. The summed E-state index contributed by atoms with van der Waals surface area (Å²) in [5.41, 5.74) is 1.03. The van der Waals surface area contributed by atoms with Gasteiger partial charge in [0.15, 0.2) is 0 Å². The van der Waals surface area contributed by atoms with Crippen molar-refractivity contribution in [3.8, 4) is 5.75 Å². The van der Waals surface area contributed by atoms with Crippen LogP contribution in [0.4, 0.5) is 10.2 Å². The summed E-state index contributed by atoms with van der Waals surface area (Å²) >= 11 is 0. The van der Waals surface area contributed by atoms with Gasteiger partial charge in [-0.25, -0.2) is 9.37 Å². The Kier molecular flexibility index (Phi) is 5.91. The van der Waals surface area contributed by atoms with E-state index in [0.717, 1.165) is 17.5 Å². The number of aromatic nitrogens is 1. The number of aliphatic hydroxyl groups is 1. The molecule has 0 bridgehead atoms. The van der Waals surface area contributed by atoms with Crippen molar-refractivity contribution in [2.75, 3.05) is 18.5 Å². The molecule has 2 N–H and O–H groups in total. The van der Waals surface area contributed by atoms with Gasteiger partial charge in [-0.05, 0) is 30.2 Å². The number of nitrogens with one attached hydrogen (secondary N) is 1. The summed E-state index contributed by atoms with van der Waals surface area (Å²) in [6.45, 7) is 4.13. The monoisotopic (exact) mass is 302 g/mol. The Labute approximate surface area is 129 Å². The van der Waals surface area contributed by atoms with Gasteiger partial charge >= 0.3 is 0 Å². The summed E-state index contributed by atoms with van der Waals surface area (Å²) in [7, 11) is 0. The molecule has 1 heterocycles. The molecule has 1 aromatic carbocycles. The lowest BCUT2D eigenvalue weighted by molar-refractivity contribution is 0.117. The zero-order valence-corrected chi connectivity index (χ0v) is 12.2. The van der Waals surface area contributed by atoms with Gasteiger partial charge in [-0.2, -0.15) is 0 Å². The molecule has 22 heavy (non-hydrogen) atoms. The molecule has 0 aliphatic carbocycles. The smallest absolute Gasteiger partial charge is 0.141 e. The first-order chi connectivity index (χ1) is 10.7. The summed E-state index contributed by atoms with van der Waals surface area (Å²) in [6.07, 6.45) is 2.94. The summed E-state index contributed by atoms with van der Waals surface area (Å²) < 4.78 is 18.4. The highest BCUT2D eigenvalue weighted by Crippen LogP contribution is 2.18. The molecule has 1 aromatic heterocycles. The number of anilines is 1. The van der Waals surface area contributed by atoms with Crippen LogP contribution in [0.15, 0.2) is 55.3 Å². The molecule has 0 aliphatic heterocycles. The van der Waals surface area contributed by atoms with E-state index in [1.54, 1.807) is 6.08 Å². The molecule has 0 amide bonds. The lowest BCUT2D eigenvalue weighted by Crippen LogP contribution is -2.26. The van der Waals surface area contributed by atoms with Crippen LogP contribution < -0.4 is 10.1 Å². The second kappa shape index (κ2) is 8.14. The first kappa shape index (κ1) is 16.0. The number of pyridine rings is 1. The summed E-state index contributed by atoms with van der Waals surface area (Å²) in [4.78, 5) is 3.86. The molecule has 116 valence electrons. The van der Waals surface area contributed by atoms with E-state index in [-0.39, 0.29) is 13.2 Å². The first-order valence-electron chi connectivity index (χ1n) is 7.04. The summed E-state index contributed by atoms with van der Waals surface area (Å²) in [5, 5.41) is 12.9. The maximum absolute atomic E-state index is 12.7. The van der Waals surface area contributed by atoms with Gasteiger partial charge in [-0.1, -0.05) is 24.3 Å².